The van der Waals surface area contributed by atoms with Gasteiger partial charge in [0.25, 0.3) is 0 Å². The van der Waals surface area contributed by atoms with Crippen molar-refractivity contribution in [1.29, 1.82) is 0 Å². The summed E-state index contributed by atoms with van der Waals surface area (Å²) in [6.07, 6.45) is 1.17. The molecule has 0 amide bonds. The van der Waals surface area contributed by atoms with Gasteiger partial charge >= 0.3 is 0 Å². The third kappa shape index (κ3) is 4.07. The highest BCUT2D eigenvalue weighted by atomic mass is 32.1. The fourth-order valence-electron chi connectivity index (χ4n) is 1.62. The van der Waals surface area contributed by atoms with E-state index in [-0.39, 0.29) is 0 Å². The Morgan fingerprint density at radius 2 is 1.76 bits per heavy atom. The number of nitrogens with zero attached hydrogens (tertiary/aromatic N) is 1. The molecule has 98 valence electrons. The largest absolute Gasteiger partial charge is 0.309 e. The second kappa shape index (κ2) is 6.50. The first-order chi connectivity index (χ1) is 7.95. The standard InChI is InChI=1S/C14H26N2S/c1-7-11(6)15-8-12-13(9(2)3)16-14(17-12)10(4)5/h9-11,15H,7-8H2,1-6H3. The van der Waals surface area contributed by atoms with Gasteiger partial charge in [-0.25, -0.2) is 4.98 Å². The van der Waals surface area contributed by atoms with Crippen molar-refractivity contribution in [2.24, 2.45) is 0 Å². The van der Waals surface area contributed by atoms with Crippen LogP contribution in [0.5, 0.6) is 0 Å². The van der Waals surface area contributed by atoms with Crippen molar-refractivity contribution in [3.05, 3.63) is 15.6 Å². The van der Waals surface area contributed by atoms with Gasteiger partial charge in [0.2, 0.25) is 0 Å². The molecule has 2 nitrogen and oxygen atoms in total. The van der Waals surface area contributed by atoms with Crippen LogP contribution in [0.1, 0.15) is 75.4 Å². The van der Waals surface area contributed by atoms with Crippen molar-refractivity contribution in [3.8, 4) is 0 Å². The van der Waals surface area contributed by atoms with Gasteiger partial charge in [0.05, 0.1) is 10.7 Å². The van der Waals surface area contributed by atoms with Crippen molar-refractivity contribution in [2.45, 2.75) is 72.4 Å². The Morgan fingerprint density at radius 3 is 2.24 bits per heavy atom. The van der Waals surface area contributed by atoms with Gasteiger partial charge in [-0.3, -0.25) is 0 Å². The molecular weight excluding hydrogens is 228 g/mol. The van der Waals surface area contributed by atoms with Crippen LogP contribution < -0.4 is 5.32 Å². The van der Waals surface area contributed by atoms with Crippen molar-refractivity contribution in [3.63, 3.8) is 0 Å². The van der Waals surface area contributed by atoms with Crippen LogP contribution in [0, 0.1) is 0 Å². The quantitative estimate of drug-likeness (QED) is 0.819. The highest BCUT2D eigenvalue weighted by Crippen LogP contribution is 2.29. The molecule has 0 aromatic carbocycles. The summed E-state index contributed by atoms with van der Waals surface area (Å²) < 4.78 is 0. The van der Waals surface area contributed by atoms with Crippen LogP contribution in [0.4, 0.5) is 0 Å². The molecule has 1 unspecified atom stereocenters. The van der Waals surface area contributed by atoms with E-state index < -0.39 is 0 Å². The van der Waals surface area contributed by atoms with Gasteiger partial charge in [-0.2, -0.15) is 0 Å². The second-order valence-corrected chi connectivity index (χ2v) is 6.48. The Bertz CT molecular complexity index is 342. The molecule has 0 spiro atoms. The first-order valence-corrected chi connectivity index (χ1v) is 7.50. The molecule has 17 heavy (non-hydrogen) atoms. The van der Waals surface area contributed by atoms with E-state index in [9.17, 15) is 0 Å². The number of hydrogen-bond acceptors (Lipinski definition) is 3. The van der Waals surface area contributed by atoms with E-state index in [0.717, 1.165) is 6.54 Å². The van der Waals surface area contributed by atoms with Gasteiger partial charge in [0.15, 0.2) is 0 Å². The number of nitrogens with one attached hydrogen (secondary N) is 1. The fraction of sp³-hybridized carbons (Fsp3) is 0.786. The highest BCUT2D eigenvalue weighted by Gasteiger charge is 2.16. The molecular formula is C14H26N2S. The Hall–Kier alpha value is -0.410. The van der Waals surface area contributed by atoms with Crippen LogP contribution in [0.2, 0.25) is 0 Å². The zero-order valence-electron chi connectivity index (χ0n) is 12.0. The molecule has 0 saturated heterocycles. The van der Waals surface area contributed by atoms with Crippen LogP contribution in [-0.4, -0.2) is 11.0 Å². The molecule has 0 aliphatic rings. The molecule has 1 heterocycles. The molecule has 1 rings (SSSR count). The Labute approximate surface area is 110 Å². The average Bonchev–Trinajstić information content (AvgIpc) is 2.70. The van der Waals surface area contributed by atoms with Crippen molar-refractivity contribution in [2.75, 3.05) is 0 Å². The maximum Gasteiger partial charge on any atom is 0.0957 e. The predicted molar refractivity (Wildman–Crippen MR) is 76.9 cm³/mol. The summed E-state index contributed by atoms with van der Waals surface area (Å²) in [6, 6.07) is 0.583. The van der Waals surface area contributed by atoms with Gasteiger partial charge in [0, 0.05) is 23.4 Å². The lowest BCUT2D eigenvalue weighted by molar-refractivity contribution is 0.534. The lowest BCUT2D eigenvalue weighted by atomic mass is 10.1. The summed E-state index contributed by atoms with van der Waals surface area (Å²) in [5.41, 5.74) is 1.29. The molecule has 0 saturated carbocycles. The summed E-state index contributed by atoms with van der Waals surface area (Å²) >= 11 is 1.87. The van der Waals surface area contributed by atoms with Gasteiger partial charge in [-0.05, 0) is 19.3 Å². The zero-order valence-corrected chi connectivity index (χ0v) is 12.8. The maximum absolute atomic E-state index is 4.79. The number of thiazole rings is 1. The normalized spacial score (nSPS) is 13.6. The molecule has 1 atom stereocenters. The Morgan fingerprint density at radius 1 is 1.12 bits per heavy atom. The van der Waals surface area contributed by atoms with Crippen LogP contribution in [0.15, 0.2) is 0 Å². The molecule has 1 aromatic heterocycles. The predicted octanol–water partition coefficient (Wildman–Crippen LogP) is 4.28. The van der Waals surface area contributed by atoms with E-state index in [1.165, 1.54) is 22.0 Å². The monoisotopic (exact) mass is 254 g/mol. The first kappa shape index (κ1) is 14.7. The third-order valence-corrected chi connectivity index (χ3v) is 4.38. The summed E-state index contributed by atoms with van der Waals surface area (Å²) in [4.78, 5) is 6.21. The van der Waals surface area contributed by atoms with E-state index in [4.69, 9.17) is 4.98 Å². The first-order valence-electron chi connectivity index (χ1n) is 6.68. The van der Waals surface area contributed by atoms with E-state index >= 15 is 0 Å². The van der Waals surface area contributed by atoms with E-state index in [0.29, 0.717) is 17.9 Å². The van der Waals surface area contributed by atoms with E-state index in [2.05, 4.69) is 46.9 Å². The van der Waals surface area contributed by atoms with Gasteiger partial charge in [-0.15, -0.1) is 11.3 Å². The van der Waals surface area contributed by atoms with Crippen molar-refractivity contribution < 1.29 is 0 Å². The summed E-state index contributed by atoms with van der Waals surface area (Å²) in [6.45, 7) is 14.3. The molecule has 1 aromatic rings. The fourth-order valence-corrected chi connectivity index (χ4v) is 2.79. The highest BCUT2D eigenvalue weighted by molar-refractivity contribution is 7.11. The minimum atomic E-state index is 0.521. The molecule has 0 aliphatic heterocycles. The lowest BCUT2D eigenvalue weighted by Gasteiger charge is -2.11. The van der Waals surface area contributed by atoms with Crippen LogP contribution >= 0.6 is 11.3 Å². The van der Waals surface area contributed by atoms with Gasteiger partial charge in [0.1, 0.15) is 0 Å². The third-order valence-electron chi connectivity index (χ3n) is 3.01. The lowest BCUT2D eigenvalue weighted by Crippen LogP contribution is -2.24. The Kier molecular flexibility index (Phi) is 5.60. The average molecular weight is 254 g/mol. The molecule has 0 bridgehead atoms. The topological polar surface area (TPSA) is 24.9 Å². The number of hydrogen-bond donors (Lipinski definition) is 1. The van der Waals surface area contributed by atoms with Crippen LogP contribution in [-0.2, 0) is 6.54 Å². The number of rotatable bonds is 6. The van der Waals surface area contributed by atoms with Crippen molar-refractivity contribution >= 4 is 11.3 Å². The number of aromatic nitrogens is 1. The van der Waals surface area contributed by atoms with Gasteiger partial charge in [-0.1, -0.05) is 34.6 Å². The minimum Gasteiger partial charge on any atom is -0.309 e. The summed E-state index contributed by atoms with van der Waals surface area (Å²) in [5, 5.41) is 4.84. The minimum absolute atomic E-state index is 0.521. The molecule has 0 fully saturated rings. The van der Waals surface area contributed by atoms with E-state index in [1.54, 1.807) is 0 Å². The van der Waals surface area contributed by atoms with Crippen LogP contribution in [0.25, 0.3) is 0 Å². The summed E-state index contributed by atoms with van der Waals surface area (Å²) in [5.74, 6) is 1.06. The molecule has 0 aliphatic carbocycles. The molecule has 3 heteroatoms. The smallest absolute Gasteiger partial charge is 0.0957 e. The van der Waals surface area contributed by atoms with Crippen molar-refractivity contribution in [1.82, 2.24) is 10.3 Å². The van der Waals surface area contributed by atoms with Crippen LogP contribution in [0.3, 0.4) is 0 Å². The van der Waals surface area contributed by atoms with E-state index in [1.807, 2.05) is 11.3 Å². The van der Waals surface area contributed by atoms with Gasteiger partial charge < -0.3 is 5.32 Å². The zero-order chi connectivity index (χ0) is 13.0. The SMILES string of the molecule is CCC(C)NCc1sc(C(C)C)nc1C(C)C. The maximum atomic E-state index is 4.79. The molecule has 0 radical (unpaired) electrons. The second-order valence-electron chi connectivity index (χ2n) is 5.36. The molecule has 1 N–H and O–H groups in total. The Balaban J connectivity index is 2.81. The summed E-state index contributed by atoms with van der Waals surface area (Å²) in [7, 11) is 0.